The fraction of sp³-hybridized carbons (Fsp3) is 0.667. The van der Waals surface area contributed by atoms with Crippen molar-refractivity contribution in [2.75, 3.05) is 0 Å². The molecule has 0 spiro atoms. The minimum absolute atomic E-state index is 0.123. The third kappa shape index (κ3) is 1.82. The van der Waals surface area contributed by atoms with E-state index in [4.69, 9.17) is 5.11 Å². The molecule has 0 aromatic heterocycles. The molecule has 2 nitrogen and oxygen atoms in total. The summed E-state index contributed by atoms with van der Waals surface area (Å²) in [6.45, 7) is 4.21. The molecule has 0 heterocycles. The summed E-state index contributed by atoms with van der Waals surface area (Å²) in [6.07, 6.45) is 4.57. The van der Waals surface area contributed by atoms with E-state index in [1.54, 1.807) is 0 Å². The van der Waals surface area contributed by atoms with Crippen LogP contribution in [0.3, 0.4) is 0 Å². The van der Waals surface area contributed by atoms with Crippen LogP contribution in [0.5, 0.6) is 0 Å². The summed E-state index contributed by atoms with van der Waals surface area (Å²) in [7, 11) is 0. The third-order valence-electron chi connectivity index (χ3n) is 2.41. The van der Waals surface area contributed by atoms with Crippen molar-refractivity contribution in [1.29, 1.82) is 0 Å². The average molecular weight is 154 g/mol. The highest BCUT2D eigenvalue weighted by atomic mass is 16.4. The molecule has 1 N–H and O–H groups in total. The zero-order valence-electron chi connectivity index (χ0n) is 7.05. The maximum atomic E-state index is 10.4. The molecule has 0 amide bonds. The highest BCUT2D eigenvalue weighted by Gasteiger charge is 2.28. The van der Waals surface area contributed by atoms with E-state index in [9.17, 15) is 4.79 Å². The van der Waals surface area contributed by atoms with Crippen molar-refractivity contribution in [3.05, 3.63) is 11.6 Å². The van der Waals surface area contributed by atoms with Gasteiger partial charge in [-0.3, -0.25) is 0 Å². The van der Waals surface area contributed by atoms with E-state index >= 15 is 0 Å². The van der Waals surface area contributed by atoms with Crippen LogP contribution in [0, 0.1) is 5.41 Å². The quantitative estimate of drug-likeness (QED) is 0.588. The van der Waals surface area contributed by atoms with Gasteiger partial charge in [-0.1, -0.05) is 19.4 Å². The maximum absolute atomic E-state index is 10.4. The Morgan fingerprint density at radius 3 is 2.64 bits per heavy atom. The SMILES string of the molecule is CC1(C)CCC/C1=C\C(=O)O. The van der Waals surface area contributed by atoms with Crippen LogP contribution in [0.1, 0.15) is 33.1 Å². The van der Waals surface area contributed by atoms with Gasteiger partial charge in [-0.05, 0) is 24.7 Å². The first-order chi connectivity index (χ1) is 5.02. The van der Waals surface area contributed by atoms with Gasteiger partial charge in [-0.15, -0.1) is 0 Å². The van der Waals surface area contributed by atoms with Crippen LogP contribution >= 0.6 is 0 Å². The molecule has 1 rings (SSSR count). The van der Waals surface area contributed by atoms with Gasteiger partial charge in [0.2, 0.25) is 0 Å². The normalized spacial score (nSPS) is 25.8. The third-order valence-corrected chi connectivity index (χ3v) is 2.41. The summed E-state index contributed by atoms with van der Waals surface area (Å²) in [5.74, 6) is -0.810. The van der Waals surface area contributed by atoms with Gasteiger partial charge >= 0.3 is 5.97 Å². The standard InChI is InChI=1S/C9H14O2/c1-9(2)5-3-4-7(9)6-8(10)11/h6H,3-5H2,1-2H3,(H,10,11)/b7-6+. The van der Waals surface area contributed by atoms with Crippen LogP contribution in [0.25, 0.3) is 0 Å². The lowest BCUT2D eigenvalue weighted by Crippen LogP contribution is -2.08. The Balaban J connectivity index is 2.80. The molecule has 0 unspecified atom stereocenters. The van der Waals surface area contributed by atoms with Crippen molar-refractivity contribution in [3.63, 3.8) is 0 Å². The summed E-state index contributed by atoms with van der Waals surface area (Å²) in [6, 6.07) is 0. The highest BCUT2D eigenvalue weighted by Crippen LogP contribution is 2.41. The van der Waals surface area contributed by atoms with E-state index in [1.165, 1.54) is 6.08 Å². The van der Waals surface area contributed by atoms with Crippen molar-refractivity contribution in [2.24, 2.45) is 5.41 Å². The van der Waals surface area contributed by atoms with E-state index in [2.05, 4.69) is 13.8 Å². The van der Waals surface area contributed by atoms with Gasteiger partial charge in [0.05, 0.1) is 0 Å². The zero-order valence-corrected chi connectivity index (χ0v) is 7.05. The minimum Gasteiger partial charge on any atom is -0.478 e. The van der Waals surface area contributed by atoms with Gasteiger partial charge in [-0.2, -0.15) is 0 Å². The monoisotopic (exact) mass is 154 g/mol. The zero-order chi connectivity index (χ0) is 8.48. The number of rotatable bonds is 1. The Kier molecular flexibility index (Phi) is 2.03. The van der Waals surface area contributed by atoms with Gasteiger partial charge in [-0.25, -0.2) is 4.79 Å². The molecule has 1 aliphatic rings. The number of hydrogen-bond acceptors (Lipinski definition) is 1. The summed E-state index contributed by atoms with van der Waals surface area (Å²) in [5, 5.41) is 8.53. The fourth-order valence-electron chi connectivity index (χ4n) is 1.64. The van der Waals surface area contributed by atoms with Crippen molar-refractivity contribution >= 4 is 5.97 Å². The fourth-order valence-corrected chi connectivity index (χ4v) is 1.64. The van der Waals surface area contributed by atoms with Crippen LogP contribution in [0.15, 0.2) is 11.6 Å². The predicted molar refractivity (Wildman–Crippen MR) is 43.4 cm³/mol. The van der Waals surface area contributed by atoms with Crippen molar-refractivity contribution in [1.82, 2.24) is 0 Å². The predicted octanol–water partition coefficient (Wildman–Crippen LogP) is 2.21. The molecule has 2 heteroatoms. The second-order valence-electron chi connectivity index (χ2n) is 3.75. The number of allylic oxidation sites excluding steroid dienone is 1. The molecule has 1 saturated carbocycles. The first-order valence-corrected chi connectivity index (χ1v) is 3.96. The number of carboxylic acids is 1. The lowest BCUT2D eigenvalue weighted by atomic mass is 9.87. The number of carbonyl (C=O) groups is 1. The van der Waals surface area contributed by atoms with Crippen molar-refractivity contribution in [2.45, 2.75) is 33.1 Å². The molecule has 11 heavy (non-hydrogen) atoms. The summed E-state index contributed by atoms with van der Waals surface area (Å²) >= 11 is 0. The number of carboxylic acid groups (broad SMARTS) is 1. The largest absolute Gasteiger partial charge is 0.478 e. The van der Waals surface area contributed by atoms with E-state index in [-0.39, 0.29) is 5.41 Å². The van der Waals surface area contributed by atoms with Crippen LogP contribution in [0.4, 0.5) is 0 Å². The van der Waals surface area contributed by atoms with Crippen molar-refractivity contribution in [3.8, 4) is 0 Å². The molecule has 0 aliphatic heterocycles. The van der Waals surface area contributed by atoms with Crippen LogP contribution in [0.2, 0.25) is 0 Å². The molecule has 0 aromatic rings. The summed E-state index contributed by atoms with van der Waals surface area (Å²) in [4.78, 5) is 10.4. The van der Waals surface area contributed by atoms with Crippen molar-refractivity contribution < 1.29 is 9.90 Å². The highest BCUT2D eigenvalue weighted by molar-refractivity contribution is 5.81. The average Bonchev–Trinajstić information content (AvgIpc) is 2.10. The second kappa shape index (κ2) is 2.68. The first kappa shape index (κ1) is 8.31. The Morgan fingerprint density at radius 1 is 1.64 bits per heavy atom. The molecule has 0 atom stereocenters. The lowest BCUT2D eigenvalue weighted by Gasteiger charge is -2.18. The Bertz CT molecular complexity index is 202. The number of aliphatic carboxylic acids is 1. The first-order valence-electron chi connectivity index (χ1n) is 3.96. The Morgan fingerprint density at radius 2 is 2.27 bits per heavy atom. The van der Waals surface area contributed by atoms with Crippen LogP contribution < -0.4 is 0 Å². The van der Waals surface area contributed by atoms with Crippen LogP contribution in [-0.2, 0) is 4.79 Å². The molecule has 0 saturated heterocycles. The molecule has 62 valence electrons. The van der Waals surface area contributed by atoms with E-state index in [0.717, 1.165) is 24.8 Å². The molecule has 0 radical (unpaired) electrons. The second-order valence-corrected chi connectivity index (χ2v) is 3.75. The van der Waals surface area contributed by atoms with E-state index in [1.807, 2.05) is 0 Å². The number of hydrogen-bond donors (Lipinski definition) is 1. The Labute approximate surface area is 66.9 Å². The van der Waals surface area contributed by atoms with Gasteiger partial charge < -0.3 is 5.11 Å². The van der Waals surface area contributed by atoms with Crippen LogP contribution in [-0.4, -0.2) is 11.1 Å². The van der Waals surface area contributed by atoms with Gasteiger partial charge in [0.1, 0.15) is 0 Å². The van der Waals surface area contributed by atoms with Gasteiger partial charge in [0.25, 0.3) is 0 Å². The van der Waals surface area contributed by atoms with E-state index in [0.29, 0.717) is 0 Å². The topological polar surface area (TPSA) is 37.3 Å². The molecular weight excluding hydrogens is 140 g/mol. The minimum atomic E-state index is -0.810. The lowest BCUT2D eigenvalue weighted by molar-refractivity contribution is -0.131. The molecule has 0 bridgehead atoms. The maximum Gasteiger partial charge on any atom is 0.328 e. The van der Waals surface area contributed by atoms with Gasteiger partial charge in [0.15, 0.2) is 0 Å². The Hall–Kier alpha value is -0.790. The molecule has 1 fully saturated rings. The van der Waals surface area contributed by atoms with E-state index < -0.39 is 5.97 Å². The summed E-state index contributed by atoms with van der Waals surface area (Å²) < 4.78 is 0. The smallest absolute Gasteiger partial charge is 0.328 e. The molecule has 0 aromatic carbocycles. The summed E-state index contributed by atoms with van der Waals surface area (Å²) in [5.41, 5.74) is 1.21. The molecule has 1 aliphatic carbocycles. The van der Waals surface area contributed by atoms with Gasteiger partial charge in [0, 0.05) is 6.08 Å². The molecular formula is C9H14O2.